The van der Waals surface area contributed by atoms with Crippen molar-refractivity contribution in [3.05, 3.63) is 37.3 Å². The zero-order valence-electron chi connectivity index (χ0n) is 8.58. The minimum absolute atomic E-state index is 0.0132. The second-order valence-electron chi connectivity index (χ2n) is 3.40. The van der Waals surface area contributed by atoms with Crippen LogP contribution in [-0.2, 0) is 0 Å². The van der Waals surface area contributed by atoms with Gasteiger partial charge in [-0.2, -0.15) is 0 Å². The second kappa shape index (κ2) is 4.25. The lowest BCUT2D eigenvalue weighted by atomic mass is 10.2. The smallest absolute Gasteiger partial charge is 0.269 e. The fourth-order valence-corrected chi connectivity index (χ4v) is 2.39. The Hall–Kier alpha value is -1.17. The fourth-order valence-electron chi connectivity index (χ4n) is 1.53. The Morgan fingerprint density at radius 3 is 2.65 bits per heavy atom. The number of halogens is 2. The van der Waals surface area contributed by atoms with Crippen molar-refractivity contribution in [3.63, 3.8) is 0 Å². The van der Waals surface area contributed by atoms with Crippen LogP contribution in [0.1, 0.15) is 11.7 Å². The van der Waals surface area contributed by atoms with Crippen LogP contribution >= 0.6 is 35.4 Å². The third-order valence-electron chi connectivity index (χ3n) is 2.24. The van der Waals surface area contributed by atoms with E-state index in [1.165, 1.54) is 19.1 Å². The molecule has 0 spiro atoms. The zero-order chi connectivity index (χ0) is 12.7. The second-order valence-corrected chi connectivity index (χ2v) is 4.63. The van der Waals surface area contributed by atoms with Gasteiger partial charge in [0.2, 0.25) is 5.91 Å². The molecule has 1 aromatic heterocycles. The lowest BCUT2D eigenvalue weighted by Gasteiger charge is -2.05. The zero-order valence-corrected chi connectivity index (χ0v) is 10.9. The molecule has 0 atom stereocenters. The molecule has 1 aromatic carbocycles. The Labute approximate surface area is 111 Å². The molecule has 7 heteroatoms. The van der Waals surface area contributed by atoms with Crippen molar-refractivity contribution in [1.29, 1.82) is 0 Å². The summed E-state index contributed by atoms with van der Waals surface area (Å²) in [6.07, 6.45) is 0. The number of hydrogen-bond donors (Lipinski definition) is 1. The summed E-state index contributed by atoms with van der Waals surface area (Å²) < 4.78 is 0.879. The van der Waals surface area contributed by atoms with E-state index >= 15 is 0 Å². The normalized spacial score (nSPS) is 10.8. The number of H-pyrrole nitrogens is 1. The lowest BCUT2D eigenvalue weighted by molar-refractivity contribution is 0.0930. The summed E-state index contributed by atoms with van der Waals surface area (Å²) in [7, 11) is 0. The van der Waals surface area contributed by atoms with E-state index in [2.05, 4.69) is 4.98 Å². The molecule has 17 heavy (non-hydrogen) atoms. The van der Waals surface area contributed by atoms with Crippen molar-refractivity contribution in [3.8, 4) is 0 Å². The van der Waals surface area contributed by atoms with Gasteiger partial charge in [0, 0.05) is 11.9 Å². The van der Waals surface area contributed by atoms with Crippen LogP contribution in [0.5, 0.6) is 0 Å². The molecule has 0 saturated carbocycles. The third kappa shape index (κ3) is 2.01. The number of fused-ring (bicyclic) bond motifs is 1. The number of carbonyl (C=O) groups excluding carboxylic acids is 1. The van der Waals surface area contributed by atoms with Gasteiger partial charge in [-0.15, -0.1) is 0 Å². The average molecular weight is 289 g/mol. The number of nitrogens with zero attached hydrogens (tertiary/aromatic N) is 1. The molecule has 1 heterocycles. The van der Waals surface area contributed by atoms with Gasteiger partial charge in [0.25, 0.3) is 5.56 Å². The molecule has 0 aliphatic rings. The summed E-state index contributed by atoms with van der Waals surface area (Å²) in [5.74, 6) is -0.464. The maximum absolute atomic E-state index is 12.0. The topological polar surface area (TPSA) is 54.9 Å². The first kappa shape index (κ1) is 12.3. The summed E-state index contributed by atoms with van der Waals surface area (Å²) in [6, 6.07) is 2.93. The van der Waals surface area contributed by atoms with Crippen LogP contribution in [0.3, 0.4) is 0 Å². The Bertz CT molecular complexity index is 748. The fraction of sp³-hybridized carbons (Fsp3) is 0.100. The van der Waals surface area contributed by atoms with Gasteiger partial charge < -0.3 is 4.98 Å². The van der Waals surface area contributed by atoms with Crippen LogP contribution in [0, 0.1) is 4.77 Å². The van der Waals surface area contributed by atoms with Gasteiger partial charge in [-0.1, -0.05) is 23.2 Å². The van der Waals surface area contributed by atoms with Crippen LogP contribution in [0.2, 0.25) is 10.0 Å². The van der Waals surface area contributed by atoms with Crippen LogP contribution in [0.25, 0.3) is 10.9 Å². The SMILES string of the molecule is CC(=O)n1c(=S)[nH]c2c(Cl)cc(Cl)cc2c1=O. The van der Waals surface area contributed by atoms with Gasteiger partial charge in [-0.3, -0.25) is 9.59 Å². The predicted molar refractivity (Wildman–Crippen MR) is 69.7 cm³/mol. The standard InChI is InChI=1S/C10H6Cl2N2O2S/c1-4(15)14-9(16)6-2-5(11)3-7(12)8(6)13-10(14)17/h2-3H,1H3,(H,13,17). The summed E-state index contributed by atoms with van der Waals surface area (Å²) in [6.45, 7) is 1.25. The maximum atomic E-state index is 12.0. The quantitative estimate of drug-likeness (QED) is 0.758. The van der Waals surface area contributed by atoms with E-state index in [-0.39, 0.29) is 15.2 Å². The predicted octanol–water partition coefficient (Wildman–Crippen LogP) is 3.03. The molecule has 88 valence electrons. The van der Waals surface area contributed by atoms with E-state index in [9.17, 15) is 9.59 Å². The van der Waals surface area contributed by atoms with Crippen LogP contribution in [0.15, 0.2) is 16.9 Å². The molecule has 0 amide bonds. The molecule has 0 radical (unpaired) electrons. The highest BCUT2D eigenvalue weighted by Crippen LogP contribution is 2.24. The van der Waals surface area contributed by atoms with Crippen molar-refractivity contribution >= 4 is 52.2 Å². The molecule has 0 saturated heterocycles. The molecule has 0 bridgehead atoms. The van der Waals surface area contributed by atoms with Gasteiger partial charge >= 0.3 is 0 Å². The van der Waals surface area contributed by atoms with Gasteiger partial charge in [-0.25, -0.2) is 4.57 Å². The number of hydrogen-bond acceptors (Lipinski definition) is 3. The van der Waals surface area contributed by atoms with Crippen molar-refractivity contribution in [2.45, 2.75) is 6.92 Å². The van der Waals surface area contributed by atoms with E-state index in [0.717, 1.165) is 4.57 Å². The molecule has 0 aliphatic heterocycles. The molecule has 2 aromatic rings. The first-order valence-corrected chi connectivity index (χ1v) is 5.73. The molecule has 0 unspecified atom stereocenters. The first-order chi connectivity index (χ1) is 7.91. The van der Waals surface area contributed by atoms with Crippen molar-refractivity contribution in [1.82, 2.24) is 9.55 Å². The average Bonchev–Trinajstić information content (AvgIpc) is 2.19. The minimum atomic E-state index is -0.527. The van der Waals surface area contributed by atoms with E-state index < -0.39 is 11.5 Å². The monoisotopic (exact) mass is 288 g/mol. The molecular weight excluding hydrogens is 283 g/mol. The number of aromatic nitrogens is 2. The van der Waals surface area contributed by atoms with Crippen molar-refractivity contribution < 1.29 is 4.79 Å². The van der Waals surface area contributed by atoms with Crippen LogP contribution < -0.4 is 5.56 Å². The number of benzene rings is 1. The Kier molecular flexibility index (Phi) is 3.07. The highest BCUT2D eigenvalue weighted by molar-refractivity contribution is 7.71. The van der Waals surface area contributed by atoms with Crippen LogP contribution in [0.4, 0.5) is 0 Å². The maximum Gasteiger partial charge on any atom is 0.269 e. The summed E-state index contributed by atoms with van der Waals surface area (Å²) in [5, 5.41) is 0.831. The number of carbonyl (C=O) groups is 1. The van der Waals surface area contributed by atoms with E-state index in [1.807, 2.05) is 0 Å². The number of aromatic amines is 1. The van der Waals surface area contributed by atoms with Crippen molar-refractivity contribution in [2.24, 2.45) is 0 Å². The highest BCUT2D eigenvalue weighted by atomic mass is 35.5. The van der Waals surface area contributed by atoms with Crippen molar-refractivity contribution in [2.75, 3.05) is 0 Å². The Morgan fingerprint density at radius 1 is 1.41 bits per heavy atom. The largest absolute Gasteiger partial charge is 0.330 e. The van der Waals surface area contributed by atoms with Gasteiger partial charge in [0.15, 0.2) is 4.77 Å². The van der Waals surface area contributed by atoms with Gasteiger partial charge in [0.05, 0.1) is 15.9 Å². The summed E-state index contributed by atoms with van der Waals surface area (Å²) in [4.78, 5) is 26.1. The molecular formula is C10H6Cl2N2O2S. The van der Waals surface area contributed by atoms with E-state index in [4.69, 9.17) is 35.4 Å². The van der Waals surface area contributed by atoms with Gasteiger partial charge in [-0.05, 0) is 24.4 Å². The Morgan fingerprint density at radius 2 is 2.06 bits per heavy atom. The highest BCUT2D eigenvalue weighted by Gasteiger charge is 2.11. The third-order valence-corrected chi connectivity index (χ3v) is 3.04. The first-order valence-electron chi connectivity index (χ1n) is 4.57. The summed E-state index contributed by atoms with van der Waals surface area (Å²) >= 11 is 16.7. The molecule has 0 fully saturated rings. The lowest BCUT2D eigenvalue weighted by Crippen LogP contribution is -2.26. The van der Waals surface area contributed by atoms with Gasteiger partial charge in [0.1, 0.15) is 0 Å². The number of rotatable bonds is 0. The van der Waals surface area contributed by atoms with E-state index in [0.29, 0.717) is 10.5 Å². The molecule has 1 N–H and O–H groups in total. The minimum Gasteiger partial charge on any atom is -0.330 e. The van der Waals surface area contributed by atoms with Crippen LogP contribution in [-0.4, -0.2) is 15.5 Å². The van der Waals surface area contributed by atoms with E-state index in [1.54, 1.807) is 0 Å². The Balaban J connectivity index is 3.08. The number of nitrogens with one attached hydrogen (secondary N) is 1. The molecule has 4 nitrogen and oxygen atoms in total. The molecule has 0 aliphatic carbocycles. The molecule has 2 rings (SSSR count). The summed E-state index contributed by atoms with van der Waals surface area (Å²) in [5.41, 5.74) is -0.149.